The van der Waals surface area contributed by atoms with Crippen molar-refractivity contribution in [3.05, 3.63) is 29.8 Å². The number of hydrogen-bond acceptors (Lipinski definition) is 1. The third-order valence-corrected chi connectivity index (χ3v) is 4.17. The van der Waals surface area contributed by atoms with Crippen LogP contribution < -0.4 is 4.74 Å². The van der Waals surface area contributed by atoms with Crippen LogP contribution in [-0.4, -0.2) is 5.60 Å². The van der Waals surface area contributed by atoms with Crippen LogP contribution in [0.3, 0.4) is 0 Å². The first-order valence-corrected chi connectivity index (χ1v) is 9.79. The third kappa shape index (κ3) is 11.2. The minimum Gasteiger partial charge on any atom is -0.488 e. The topological polar surface area (TPSA) is 9.23 Å². The number of aryl methyl sites for hydroxylation is 1. The summed E-state index contributed by atoms with van der Waals surface area (Å²) in [4.78, 5) is 0. The molecular formula is C22H38O. The Labute approximate surface area is 144 Å². The molecule has 0 unspecified atom stereocenters. The van der Waals surface area contributed by atoms with Gasteiger partial charge in [0.15, 0.2) is 0 Å². The predicted octanol–water partition coefficient (Wildman–Crippen LogP) is 7.33. The van der Waals surface area contributed by atoms with Crippen LogP contribution in [0.1, 0.15) is 97.5 Å². The molecular weight excluding hydrogens is 280 g/mol. The van der Waals surface area contributed by atoms with E-state index in [4.69, 9.17) is 4.74 Å². The summed E-state index contributed by atoms with van der Waals surface area (Å²) in [5.74, 6) is 0.976. The van der Waals surface area contributed by atoms with Crippen LogP contribution in [0.15, 0.2) is 24.3 Å². The predicted molar refractivity (Wildman–Crippen MR) is 102 cm³/mol. The molecule has 23 heavy (non-hydrogen) atoms. The van der Waals surface area contributed by atoms with E-state index in [1.807, 2.05) is 0 Å². The first-order chi connectivity index (χ1) is 11.0. The van der Waals surface area contributed by atoms with Crippen molar-refractivity contribution in [3.8, 4) is 5.75 Å². The van der Waals surface area contributed by atoms with Crippen molar-refractivity contribution in [1.82, 2.24) is 0 Å². The number of unbranched alkanes of at least 4 members (excludes halogenated alkanes) is 9. The van der Waals surface area contributed by atoms with E-state index in [9.17, 15) is 0 Å². The molecule has 0 fully saturated rings. The van der Waals surface area contributed by atoms with Crippen molar-refractivity contribution in [2.45, 2.75) is 104 Å². The Hall–Kier alpha value is -0.980. The van der Waals surface area contributed by atoms with Crippen LogP contribution >= 0.6 is 0 Å². The van der Waals surface area contributed by atoms with Gasteiger partial charge in [0.05, 0.1) is 0 Å². The minimum absolute atomic E-state index is 0.113. The van der Waals surface area contributed by atoms with Gasteiger partial charge in [-0.2, -0.15) is 0 Å². The lowest BCUT2D eigenvalue weighted by atomic mass is 10.0. The maximum Gasteiger partial charge on any atom is 0.120 e. The fourth-order valence-electron chi connectivity index (χ4n) is 2.89. The lowest BCUT2D eigenvalue weighted by molar-refractivity contribution is 0.131. The number of hydrogen-bond donors (Lipinski definition) is 0. The van der Waals surface area contributed by atoms with Gasteiger partial charge in [-0.25, -0.2) is 0 Å². The van der Waals surface area contributed by atoms with E-state index in [2.05, 4.69) is 52.0 Å². The van der Waals surface area contributed by atoms with Crippen molar-refractivity contribution in [1.29, 1.82) is 0 Å². The normalized spacial score (nSPS) is 11.7. The highest BCUT2D eigenvalue weighted by atomic mass is 16.5. The van der Waals surface area contributed by atoms with Crippen molar-refractivity contribution in [3.63, 3.8) is 0 Å². The van der Waals surface area contributed by atoms with E-state index < -0.39 is 0 Å². The summed E-state index contributed by atoms with van der Waals surface area (Å²) >= 11 is 0. The molecule has 1 heteroatoms. The summed E-state index contributed by atoms with van der Waals surface area (Å²) in [6, 6.07) is 8.65. The molecule has 0 N–H and O–H groups in total. The highest BCUT2D eigenvalue weighted by Crippen LogP contribution is 2.19. The lowest BCUT2D eigenvalue weighted by Gasteiger charge is -2.21. The van der Waals surface area contributed by atoms with E-state index in [0.29, 0.717) is 0 Å². The summed E-state index contributed by atoms with van der Waals surface area (Å²) in [5.41, 5.74) is 1.32. The van der Waals surface area contributed by atoms with Gasteiger partial charge in [-0.15, -0.1) is 0 Å². The smallest absolute Gasteiger partial charge is 0.120 e. The zero-order valence-corrected chi connectivity index (χ0v) is 16.0. The van der Waals surface area contributed by atoms with Gasteiger partial charge < -0.3 is 4.74 Å². The molecule has 132 valence electrons. The van der Waals surface area contributed by atoms with E-state index >= 15 is 0 Å². The zero-order chi connectivity index (χ0) is 17.0. The average Bonchev–Trinajstić information content (AvgIpc) is 2.49. The van der Waals surface area contributed by atoms with Gasteiger partial charge in [0.1, 0.15) is 11.4 Å². The van der Waals surface area contributed by atoms with Crippen LogP contribution in [0.2, 0.25) is 0 Å². The van der Waals surface area contributed by atoms with Gasteiger partial charge in [0.2, 0.25) is 0 Å². The summed E-state index contributed by atoms with van der Waals surface area (Å²) in [7, 11) is 0. The highest BCUT2D eigenvalue weighted by Gasteiger charge is 2.11. The summed E-state index contributed by atoms with van der Waals surface area (Å²) in [6.07, 6.45) is 15.2. The molecule has 0 aliphatic rings. The molecule has 1 aromatic rings. The summed E-state index contributed by atoms with van der Waals surface area (Å²) in [6.45, 7) is 8.55. The van der Waals surface area contributed by atoms with Crippen molar-refractivity contribution >= 4 is 0 Å². The van der Waals surface area contributed by atoms with Gasteiger partial charge in [-0.1, -0.05) is 76.8 Å². The Morgan fingerprint density at radius 1 is 0.696 bits per heavy atom. The zero-order valence-electron chi connectivity index (χ0n) is 16.0. The Morgan fingerprint density at radius 2 is 1.17 bits per heavy atom. The number of ether oxygens (including phenoxy) is 1. The van der Waals surface area contributed by atoms with Gasteiger partial charge in [-0.3, -0.25) is 0 Å². The molecule has 0 aliphatic heterocycles. The molecule has 0 atom stereocenters. The quantitative estimate of drug-likeness (QED) is 0.367. The fraction of sp³-hybridized carbons (Fsp3) is 0.727. The third-order valence-electron chi connectivity index (χ3n) is 4.17. The Kier molecular flexibility index (Phi) is 10.1. The van der Waals surface area contributed by atoms with Crippen molar-refractivity contribution < 1.29 is 4.74 Å². The fourth-order valence-corrected chi connectivity index (χ4v) is 2.89. The van der Waals surface area contributed by atoms with Crippen molar-refractivity contribution in [2.75, 3.05) is 0 Å². The molecule has 1 rings (SSSR count). The van der Waals surface area contributed by atoms with Gasteiger partial charge in [0.25, 0.3) is 0 Å². The largest absolute Gasteiger partial charge is 0.488 e. The molecule has 0 spiro atoms. The molecule has 0 saturated carbocycles. The second-order valence-corrected chi connectivity index (χ2v) is 7.79. The summed E-state index contributed by atoms with van der Waals surface area (Å²) < 4.78 is 5.86. The first kappa shape index (κ1) is 20.1. The monoisotopic (exact) mass is 318 g/mol. The van der Waals surface area contributed by atoms with Crippen LogP contribution in [-0.2, 0) is 6.42 Å². The van der Waals surface area contributed by atoms with E-state index in [1.54, 1.807) is 0 Å². The first-order valence-electron chi connectivity index (χ1n) is 9.79. The molecule has 0 radical (unpaired) electrons. The van der Waals surface area contributed by atoms with Crippen LogP contribution in [0, 0.1) is 0 Å². The molecule has 0 heterocycles. The van der Waals surface area contributed by atoms with Gasteiger partial charge in [0, 0.05) is 0 Å². The molecule has 1 nitrogen and oxygen atoms in total. The highest BCUT2D eigenvalue weighted by molar-refractivity contribution is 5.27. The number of benzene rings is 1. The molecule has 0 amide bonds. The molecule has 0 aromatic heterocycles. The Balaban J connectivity index is 2.03. The van der Waals surface area contributed by atoms with E-state index in [0.717, 1.165) is 5.75 Å². The van der Waals surface area contributed by atoms with Crippen molar-refractivity contribution in [2.24, 2.45) is 0 Å². The number of rotatable bonds is 12. The SMILES string of the molecule is CCCCCCCCCCCCc1ccc(OC(C)(C)C)cc1. The molecule has 0 saturated heterocycles. The van der Waals surface area contributed by atoms with Gasteiger partial charge >= 0.3 is 0 Å². The second kappa shape index (κ2) is 11.5. The molecule has 1 aromatic carbocycles. The maximum atomic E-state index is 5.86. The molecule has 0 bridgehead atoms. The van der Waals surface area contributed by atoms with Crippen LogP contribution in [0.5, 0.6) is 5.75 Å². The van der Waals surface area contributed by atoms with Crippen LogP contribution in [0.25, 0.3) is 0 Å². The summed E-state index contributed by atoms with van der Waals surface area (Å²) in [5, 5.41) is 0. The molecule has 0 aliphatic carbocycles. The van der Waals surface area contributed by atoms with E-state index in [1.165, 1.54) is 76.2 Å². The average molecular weight is 319 g/mol. The second-order valence-electron chi connectivity index (χ2n) is 7.79. The minimum atomic E-state index is -0.113. The Morgan fingerprint density at radius 3 is 1.65 bits per heavy atom. The van der Waals surface area contributed by atoms with E-state index in [-0.39, 0.29) is 5.60 Å². The standard InChI is InChI=1S/C22H38O/c1-5-6-7-8-9-10-11-12-13-14-15-20-16-18-21(19-17-20)23-22(2,3)4/h16-19H,5-15H2,1-4H3. The lowest BCUT2D eigenvalue weighted by Crippen LogP contribution is -2.22. The van der Waals surface area contributed by atoms with Crippen LogP contribution in [0.4, 0.5) is 0 Å². The van der Waals surface area contributed by atoms with Gasteiger partial charge in [-0.05, 0) is 51.3 Å². The Bertz CT molecular complexity index is 385. The maximum absolute atomic E-state index is 5.86.